The fourth-order valence-corrected chi connectivity index (χ4v) is 2.97. The molecule has 1 fully saturated rings. The van der Waals surface area contributed by atoms with Crippen molar-refractivity contribution in [1.82, 2.24) is 30.5 Å². The van der Waals surface area contributed by atoms with E-state index < -0.39 is 0 Å². The number of aromatic nitrogens is 5. The normalized spacial score (nSPS) is 18.2. The molecule has 0 aromatic carbocycles. The summed E-state index contributed by atoms with van der Waals surface area (Å²) in [6.07, 6.45) is 7.60. The van der Waals surface area contributed by atoms with Gasteiger partial charge in [-0.25, -0.2) is 9.97 Å². The molecule has 0 saturated carbocycles. The fourth-order valence-electron chi connectivity index (χ4n) is 2.97. The van der Waals surface area contributed by atoms with Crippen LogP contribution in [0.3, 0.4) is 0 Å². The molecule has 1 atom stereocenters. The van der Waals surface area contributed by atoms with Crippen molar-refractivity contribution in [3.8, 4) is 11.4 Å². The molecule has 1 aliphatic rings. The van der Waals surface area contributed by atoms with E-state index in [1.807, 2.05) is 12.1 Å². The summed E-state index contributed by atoms with van der Waals surface area (Å²) < 4.78 is 0. The first-order chi connectivity index (χ1) is 11.4. The minimum atomic E-state index is 0.619. The van der Waals surface area contributed by atoms with E-state index in [0.29, 0.717) is 5.92 Å². The zero-order chi connectivity index (χ0) is 15.5. The quantitative estimate of drug-likeness (QED) is 0.681. The minimum absolute atomic E-state index is 0.619. The first-order valence-corrected chi connectivity index (χ1v) is 7.96. The first kappa shape index (κ1) is 14.1. The number of nitrogens with one attached hydrogen (secondary N) is 3. The van der Waals surface area contributed by atoms with E-state index >= 15 is 0 Å². The number of nitrogens with zero attached hydrogens (tertiary/aromatic N) is 4. The lowest BCUT2D eigenvalue weighted by Crippen LogP contribution is -2.33. The van der Waals surface area contributed by atoms with Gasteiger partial charge >= 0.3 is 0 Å². The third kappa shape index (κ3) is 3.00. The highest BCUT2D eigenvalue weighted by Crippen LogP contribution is 2.24. The van der Waals surface area contributed by atoms with Gasteiger partial charge in [0, 0.05) is 25.1 Å². The van der Waals surface area contributed by atoms with Gasteiger partial charge in [0.05, 0.1) is 16.9 Å². The van der Waals surface area contributed by atoms with Gasteiger partial charge < -0.3 is 10.6 Å². The van der Waals surface area contributed by atoms with Gasteiger partial charge in [-0.15, -0.1) is 0 Å². The topological polar surface area (TPSA) is 91.4 Å². The number of hydrogen-bond donors (Lipinski definition) is 3. The van der Waals surface area contributed by atoms with Crippen LogP contribution in [0, 0.1) is 5.92 Å². The Labute approximate surface area is 134 Å². The molecule has 0 unspecified atom stereocenters. The second-order valence-corrected chi connectivity index (χ2v) is 5.84. The Hall–Kier alpha value is -2.54. The maximum absolute atomic E-state index is 4.72. The summed E-state index contributed by atoms with van der Waals surface area (Å²) >= 11 is 0. The molecule has 7 nitrogen and oxygen atoms in total. The largest absolute Gasteiger partial charge is 0.368 e. The highest BCUT2D eigenvalue weighted by Gasteiger charge is 2.15. The molecule has 3 aromatic heterocycles. The molecule has 0 amide bonds. The third-order valence-corrected chi connectivity index (χ3v) is 4.19. The molecule has 3 aromatic rings. The van der Waals surface area contributed by atoms with E-state index in [4.69, 9.17) is 4.98 Å². The van der Waals surface area contributed by atoms with Crippen molar-refractivity contribution in [3.63, 3.8) is 0 Å². The minimum Gasteiger partial charge on any atom is -0.368 e. The highest BCUT2D eigenvalue weighted by atomic mass is 15.1. The SMILES string of the molecule is c1cc(-c2cc3nccnc3c(NC[C@H]3CCCNC3)n2)[nH]n1. The lowest BCUT2D eigenvalue weighted by Gasteiger charge is -2.23. The van der Waals surface area contributed by atoms with Crippen molar-refractivity contribution < 1.29 is 0 Å². The second-order valence-electron chi connectivity index (χ2n) is 5.84. The monoisotopic (exact) mass is 309 g/mol. The summed E-state index contributed by atoms with van der Waals surface area (Å²) in [5, 5.41) is 13.9. The van der Waals surface area contributed by atoms with Crippen LogP contribution in [0.25, 0.3) is 22.4 Å². The van der Waals surface area contributed by atoms with Crippen LogP contribution >= 0.6 is 0 Å². The van der Waals surface area contributed by atoms with Crippen LogP contribution in [-0.4, -0.2) is 44.8 Å². The predicted octanol–water partition coefficient (Wildman–Crippen LogP) is 1.83. The number of anilines is 1. The Balaban J connectivity index is 1.66. The summed E-state index contributed by atoms with van der Waals surface area (Å²) in [5.41, 5.74) is 3.33. The number of piperidine rings is 1. The summed E-state index contributed by atoms with van der Waals surface area (Å²) in [4.78, 5) is 13.6. The van der Waals surface area contributed by atoms with E-state index in [2.05, 4.69) is 30.8 Å². The highest BCUT2D eigenvalue weighted by molar-refractivity contribution is 5.88. The molecule has 0 bridgehead atoms. The van der Waals surface area contributed by atoms with E-state index in [0.717, 1.165) is 47.9 Å². The van der Waals surface area contributed by atoms with E-state index in [1.165, 1.54) is 12.8 Å². The van der Waals surface area contributed by atoms with Crippen LogP contribution < -0.4 is 10.6 Å². The molecule has 118 valence electrons. The molecule has 0 aliphatic carbocycles. The third-order valence-electron chi connectivity index (χ3n) is 4.19. The van der Waals surface area contributed by atoms with E-state index in [9.17, 15) is 0 Å². The van der Waals surface area contributed by atoms with Crippen LogP contribution in [0.2, 0.25) is 0 Å². The molecule has 1 saturated heterocycles. The lowest BCUT2D eigenvalue weighted by molar-refractivity contribution is 0.392. The molecular formula is C16H19N7. The summed E-state index contributed by atoms with van der Waals surface area (Å²) in [6.45, 7) is 3.06. The molecular weight excluding hydrogens is 290 g/mol. The number of rotatable bonds is 4. The van der Waals surface area contributed by atoms with Crippen molar-refractivity contribution in [1.29, 1.82) is 0 Å². The van der Waals surface area contributed by atoms with Crippen LogP contribution in [0.15, 0.2) is 30.7 Å². The standard InChI is InChI=1S/C16H19N7/c1-2-11(9-17-4-1)10-20-16-15-14(18-6-7-19-15)8-13(22-16)12-3-5-21-23-12/h3,5-8,11,17H,1-2,4,9-10H2,(H,20,22)(H,21,23)/t11-/m0/s1. The average Bonchev–Trinajstić information content (AvgIpc) is 3.15. The van der Waals surface area contributed by atoms with Crippen LogP contribution in [-0.2, 0) is 0 Å². The van der Waals surface area contributed by atoms with Crippen molar-refractivity contribution in [2.75, 3.05) is 25.0 Å². The van der Waals surface area contributed by atoms with Gasteiger partial charge in [0.15, 0.2) is 5.82 Å². The molecule has 7 heteroatoms. The molecule has 3 N–H and O–H groups in total. The molecule has 0 radical (unpaired) electrons. The average molecular weight is 309 g/mol. The maximum atomic E-state index is 4.72. The Morgan fingerprint density at radius 2 is 2.17 bits per heavy atom. The van der Waals surface area contributed by atoms with E-state index in [1.54, 1.807) is 18.6 Å². The van der Waals surface area contributed by atoms with Crippen LogP contribution in [0.4, 0.5) is 5.82 Å². The number of H-pyrrole nitrogens is 1. The van der Waals surface area contributed by atoms with Crippen LogP contribution in [0.1, 0.15) is 12.8 Å². The van der Waals surface area contributed by atoms with Gasteiger partial charge in [-0.2, -0.15) is 5.10 Å². The van der Waals surface area contributed by atoms with Gasteiger partial charge in [-0.05, 0) is 44.0 Å². The van der Waals surface area contributed by atoms with Gasteiger partial charge in [-0.3, -0.25) is 10.1 Å². The number of aromatic amines is 1. The Kier molecular flexibility index (Phi) is 3.85. The van der Waals surface area contributed by atoms with Crippen molar-refractivity contribution >= 4 is 16.9 Å². The Morgan fingerprint density at radius 3 is 3.00 bits per heavy atom. The predicted molar refractivity (Wildman–Crippen MR) is 89.0 cm³/mol. The van der Waals surface area contributed by atoms with Gasteiger partial charge in [0.25, 0.3) is 0 Å². The lowest BCUT2D eigenvalue weighted by atomic mass is 10.00. The number of pyridine rings is 1. The maximum Gasteiger partial charge on any atom is 0.154 e. The Morgan fingerprint density at radius 1 is 1.22 bits per heavy atom. The molecule has 4 heterocycles. The summed E-state index contributed by atoms with van der Waals surface area (Å²) in [6, 6.07) is 3.84. The zero-order valence-corrected chi connectivity index (χ0v) is 12.8. The van der Waals surface area contributed by atoms with Crippen molar-refractivity contribution in [2.45, 2.75) is 12.8 Å². The van der Waals surface area contributed by atoms with Crippen LogP contribution in [0.5, 0.6) is 0 Å². The smallest absolute Gasteiger partial charge is 0.154 e. The summed E-state index contributed by atoms with van der Waals surface area (Å²) in [5.74, 6) is 1.40. The first-order valence-electron chi connectivity index (χ1n) is 7.96. The Bertz CT molecular complexity index is 778. The zero-order valence-electron chi connectivity index (χ0n) is 12.8. The number of hydrogen-bond acceptors (Lipinski definition) is 6. The van der Waals surface area contributed by atoms with E-state index in [-0.39, 0.29) is 0 Å². The molecule has 0 spiro atoms. The van der Waals surface area contributed by atoms with Crippen molar-refractivity contribution in [3.05, 3.63) is 30.7 Å². The van der Waals surface area contributed by atoms with Gasteiger partial charge in [0.2, 0.25) is 0 Å². The van der Waals surface area contributed by atoms with Crippen molar-refractivity contribution in [2.24, 2.45) is 5.92 Å². The number of fused-ring (bicyclic) bond motifs is 1. The second kappa shape index (κ2) is 6.29. The molecule has 1 aliphatic heterocycles. The van der Waals surface area contributed by atoms with Gasteiger partial charge in [-0.1, -0.05) is 0 Å². The summed E-state index contributed by atoms with van der Waals surface area (Å²) in [7, 11) is 0. The van der Waals surface area contributed by atoms with Gasteiger partial charge in [0.1, 0.15) is 5.52 Å². The fraction of sp³-hybridized carbons (Fsp3) is 0.375. The molecule has 23 heavy (non-hydrogen) atoms. The molecule has 4 rings (SSSR count).